The van der Waals surface area contributed by atoms with Crippen LogP contribution in [0.1, 0.15) is 24.1 Å². The second-order valence-electron chi connectivity index (χ2n) is 5.29. The highest BCUT2D eigenvalue weighted by molar-refractivity contribution is 7.16. The summed E-state index contributed by atoms with van der Waals surface area (Å²) in [6.45, 7) is 1.99. The molecule has 3 N–H and O–H groups in total. The molecule has 1 aliphatic rings. The number of amides is 3. The summed E-state index contributed by atoms with van der Waals surface area (Å²) in [5.41, 5.74) is 5.20. The molecule has 0 radical (unpaired) electrons. The maximum atomic E-state index is 12.0. The molecular formula is C14H20ClN3O2S. The van der Waals surface area contributed by atoms with Gasteiger partial charge in [0.05, 0.1) is 4.34 Å². The third-order valence-electron chi connectivity index (χ3n) is 3.67. The van der Waals surface area contributed by atoms with Crippen molar-refractivity contribution in [3.8, 4) is 0 Å². The Kier molecular flexibility index (Phi) is 5.87. The van der Waals surface area contributed by atoms with Gasteiger partial charge in [0, 0.05) is 30.9 Å². The minimum atomic E-state index is -0.257. The minimum Gasteiger partial charge on any atom is -0.370 e. The number of halogens is 1. The lowest BCUT2D eigenvalue weighted by atomic mass is 9.93. The van der Waals surface area contributed by atoms with Crippen LogP contribution in [0.4, 0.5) is 4.79 Å². The Morgan fingerprint density at radius 2 is 2.10 bits per heavy atom. The second-order valence-corrected chi connectivity index (χ2v) is 7.09. The van der Waals surface area contributed by atoms with Gasteiger partial charge in [0.2, 0.25) is 5.91 Å². The third-order valence-corrected chi connectivity index (χ3v) is 4.96. The fourth-order valence-corrected chi connectivity index (χ4v) is 3.60. The van der Waals surface area contributed by atoms with Gasteiger partial charge >= 0.3 is 6.03 Å². The molecule has 3 amide bonds. The quantitative estimate of drug-likeness (QED) is 0.869. The minimum absolute atomic E-state index is 0.0322. The highest BCUT2D eigenvalue weighted by Gasteiger charge is 2.23. The Morgan fingerprint density at radius 3 is 2.67 bits per heavy atom. The van der Waals surface area contributed by atoms with Gasteiger partial charge in [-0.25, -0.2) is 4.79 Å². The van der Waals surface area contributed by atoms with Crippen LogP contribution in [-0.4, -0.2) is 36.5 Å². The molecule has 2 rings (SSSR count). The third kappa shape index (κ3) is 5.21. The lowest BCUT2D eigenvalue weighted by Crippen LogP contribution is -2.45. The van der Waals surface area contributed by atoms with Crippen LogP contribution in [0, 0.1) is 5.92 Å². The molecule has 7 heteroatoms. The average Bonchev–Trinajstić information content (AvgIpc) is 2.84. The van der Waals surface area contributed by atoms with E-state index in [1.54, 1.807) is 4.90 Å². The molecule has 0 atom stereocenters. The Morgan fingerprint density at radius 1 is 1.38 bits per heavy atom. The van der Waals surface area contributed by atoms with Crippen LogP contribution < -0.4 is 11.1 Å². The maximum Gasteiger partial charge on any atom is 0.317 e. The van der Waals surface area contributed by atoms with Crippen molar-refractivity contribution in [1.82, 2.24) is 10.2 Å². The summed E-state index contributed by atoms with van der Waals surface area (Å²) in [5, 5.41) is 2.92. The first-order valence-corrected chi connectivity index (χ1v) is 8.29. The Hall–Kier alpha value is -1.27. The molecule has 5 nitrogen and oxygen atoms in total. The van der Waals surface area contributed by atoms with Crippen LogP contribution in [0.3, 0.4) is 0 Å². The summed E-state index contributed by atoms with van der Waals surface area (Å²) in [6.07, 6.45) is 2.91. The van der Waals surface area contributed by atoms with Gasteiger partial charge < -0.3 is 16.0 Å². The lowest BCUT2D eigenvalue weighted by Gasteiger charge is -2.31. The van der Waals surface area contributed by atoms with Crippen molar-refractivity contribution < 1.29 is 9.59 Å². The summed E-state index contributed by atoms with van der Waals surface area (Å²) in [5.74, 6) is 0.0623. The van der Waals surface area contributed by atoms with Gasteiger partial charge in [-0.05, 0) is 37.3 Å². The van der Waals surface area contributed by atoms with Crippen LogP contribution in [0.15, 0.2) is 12.1 Å². The summed E-state index contributed by atoms with van der Waals surface area (Å²) < 4.78 is 0.771. The number of thiophene rings is 1. The van der Waals surface area contributed by atoms with Crippen LogP contribution >= 0.6 is 22.9 Å². The van der Waals surface area contributed by atoms with Crippen molar-refractivity contribution in [3.05, 3.63) is 21.3 Å². The lowest BCUT2D eigenvalue weighted by molar-refractivity contribution is -0.119. The predicted molar refractivity (Wildman–Crippen MR) is 84.5 cm³/mol. The van der Waals surface area contributed by atoms with Gasteiger partial charge in [-0.1, -0.05) is 11.6 Å². The highest BCUT2D eigenvalue weighted by Crippen LogP contribution is 2.22. The summed E-state index contributed by atoms with van der Waals surface area (Å²) in [4.78, 5) is 25.9. The summed E-state index contributed by atoms with van der Waals surface area (Å²) >= 11 is 7.40. The average molecular weight is 330 g/mol. The van der Waals surface area contributed by atoms with E-state index in [2.05, 4.69) is 5.32 Å². The Bertz CT molecular complexity index is 498. The normalized spacial score (nSPS) is 16.0. The molecule has 0 bridgehead atoms. The molecule has 0 saturated carbocycles. The predicted octanol–water partition coefficient (Wildman–Crippen LogP) is 2.24. The Balaban J connectivity index is 1.66. The number of urea groups is 1. The number of nitrogens with one attached hydrogen (secondary N) is 1. The number of nitrogens with two attached hydrogens (primary N) is 1. The van der Waals surface area contributed by atoms with Crippen molar-refractivity contribution in [3.63, 3.8) is 0 Å². The van der Waals surface area contributed by atoms with Crippen LogP contribution in [-0.2, 0) is 11.2 Å². The zero-order valence-electron chi connectivity index (χ0n) is 11.8. The van der Waals surface area contributed by atoms with E-state index in [9.17, 15) is 9.59 Å². The smallest absolute Gasteiger partial charge is 0.317 e. The molecular weight excluding hydrogens is 310 g/mol. The zero-order chi connectivity index (χ0) is 15.2. The number of primary amides is 1. The van der Waals surface area contributed by atoms with Gasteiger partial charge in [-0.3, -0.25) is 4.79 Å². The second kappa shape index (κ2) is 7.66. The van der Waals surface area contributed by atoms with Gasteiger partial charge in [0.25, 0.3) is 0 Å². The van der Waals surface area contributed by atoms with Crippen molar-refractivity contribution in [2.45, 2.75) is 25.7 Å². The van der Waals surface area contributed by atoms with E-state index in [0.29, 0.717) is 32.0 Å². The molecule has 1 aliphatic heterocycles. The highest BCUT2D eigenvalue weighted by atomic mass is 35.5. The largest absolute Gasteiger partial charge is 0.370 e. The first kappa shape index (κ1) is 16.1. The van der Waals surface area contributed by atoms with E-state index < -0.39 is 0 Å². The number of hydrogen-bond donors (Lipinski definition) is 2. The van der Waals surface area contributed by atoms with E-state index in [0.717, 1.165) is 23.6 Å². The standard InChI is InChI=1S/C14H20ClN3O2S/c15-12-2-1-11(21-12)3-6-17-14(20)18-7-4-10(5-8-18)9-13(16)19/h1-2,10H,3-9H2,(H2,16,19)(H,17,20). The zero-order valence-corrected chi connectivity index (χ0v) is 13.4. The van der Waals surface area contributed by atoms with Crippen molar-refractivity contribution in [2.75, 3.05) is 19.6 Å². The summed E-state index contributed by atoms with van der Waals surface area (Å²) in [6, 6.07) is 3.82. The van der Waals surface area contributed by atoms with E-state index >= 15 is 0 Å². The van der Waals surface area contributed by atoms with Crippen molar-refractivity contribution in [1.29, 1.82) is 0 Å². The molecule has 0 aliphatic carbocycles. The molecule has 116 valence electrons. The van der Waals surface area contributed by atoms with Gasteiger partial charge in [-0.15, -0.1) is 11.3 Å². The number of piperidine rings is 1. The fourth-order valence-electron chi connectivity index (χ4n) is 2.52. The topological polar surface area (TPSA) is 75.4 Å². The number of carbonyl (C=O) groups is 2. The number of nitrogens with zero attached hydrogens (tertiary/aromatic N) is 1. The SMILES string of the molecule is NC(=O)CC1CCN(C(=O)NCCc2ccc(Cl)s2)CC1. The van der Waals surface area contributed by atoms with Crippen LogP contribution in [0.5, 0.6) is 0 Å². The van der Waals surface area contributed by atoms with Crippen molar-refractivity contribution in [2.24, 2.45) is 11.7 Å². The Labute approximate surface area is 133 Å². The monoisotopic (exact) mass is 329 g/mol. The number of likely N-dealkylation sites (tertiary alicyclic amines) is 1. The van der Waals surface area contributed by atoms with Gasteiger partial charge in [0.1, 0.15) is 0 Å². The summed E-state index contributed by atoms with van der Waals surface area (Å²) in [7, 11) is 0. The molecule has 21 heavy (non-hydrogen) atoms. The number of hydrogen-bond acceptors (Lipinski definition) is 3. The molecule has 1 aromatic heterocycles. The molecule has 1 saturated heterocycles. The van der Waals surface area contributed by atoms with Crippen molar-refractivity contribution >= 4 is 34.9 Å². The van der Waals surface area contributed by atoms with E-state index in [4.69, 9.17) is 17.3 Å². The van der Waals surface area contributed by atoms with Gasteiger partial charge in [-0.2, -0.15) is 0 Å². The molecule has 1 aromatic rings. The van der Waals surface area contributed by atoms with Crippen LogP contribution in [0.25, 0.3) is 0 Å². The van der Waals surface area contributed by atoms with Crippen LogP contribution in [0.2, 0.25) is 4.34 Å². The van der Waals surface area contributed by atoms with E-state index in [-0.39, 0.29) is 11.9 Å². The first-order valence-electron chi connectivity index (χ1n) is 7.10. The fraction of sp³-hybridized carbons (Fsp3) is 0.571. The molecule has 0 spiro atoms. The number of carbonyl (C=O) groups excluding carboxylic acids is 2. The first-order chi connectivity index (χ1) is 10.0. The molecule has 0 unspecified atom stereocenters. The van der Waals surface area contributed by atoms with Gasteiger partial charge in [0.15, 0.2) is 0 Å². The van der Waals surface area contributed by atoms with E-state index in [1.807, 2.05) is 12.1 Å². The maximum absolute atomic E-state index is 12.0. The number of rotatable bonds is 5. The van der Waals surface area contributed by atoms with E-state index in [1.165, 1.54) is 16.2 Å². The molecule has 2 heterocycles. The molecule has 1 fully saturated rings. The molecule has 0 aromatic carbocycles.